The van der Waals surface area contributed by atoms with Gasteiger partial charge in [0.25, 0.3) is 0 Å². The van der Waals surface area contributed by atoms with Crippen molar-refractivity contribution in [1.82, 2.24) is 24.6 Å². The van der Waals surface area contributed by atoms with Gasteiger partial charge in [0, 0.05) is 52.0 Å². The number of hydrogen-bond acceptors (Lipinski definition) is 4. The molecule has 1 fully saturated rings. The maximum Gasteiger partial charge on any atom is 0.228 e. The Balaban J connectivity index is 1.43. The van der Waals surface area contributed by atoms with Crippen LogP contribution in [-0.4, -0.2) is 62.6 Å². The first-order valence-corrected chi connectivity index (χ1v) is 9.67. The van der Waals surface area contributed by atoms with Crippen LogP contribution in [0.3, 0.4) is 0 Å². The Morgan fingerprint density at radius 2 is 1.96 bits per heavy atom. The van der Waals surface area contributed by atoms with Crippen LogP contribution in [0, 0.1) is 5.92 Å². The van der Waals surface area contributed by atoms with Crippen molar-refractivity contribution in [3.8, 4) is 0 Å². The van der Waals surface area contributed by atoms with Gasteiger partial charge in [-0.2, -0.15) is 0 Å². The molecule has 2 aliphatic rings. The van der Waals surface area contributed by atoms with Crippen molar-refractivity contribution in [3.05, 3.63) is 47.5 Å². The summed E-state index contributed by atoms with van der Waals surface area (Å²) in [6.07, 6.45) is 1.78. The summed E-state index contributed by atoms with van der Waals surface area (Å²) in [7, 11) is 0. The molecule has 1 saturated heterocycles. The molecular formula is C20H25N5O2. The molecule has 7 heteroatoms. The van der Waals surface area contributed by atoms with E-state index in [9.17, 15) is 9.59 Å². The molecule has 0 aliphatic carbocycles. The predicted octanol–water partition coefficient (Wildman–Crippen LogP) is 1.12. The van der Waals surface area contributed by atoms with Gasteiger partial charge in [-0.15, -0.1) is 10.2 Å². The smallest absolute Gasteiger partial charge is 0.228 e. The summed E-state index contributed by atoms with van der Waals surface area (Å²) in [5, 5.41) is 8.73. The maximum absolute atomic E-state index is 12.9. The van der Waals surface area contributed by atoms with Gasteiger partial charge in [-0.3, -0.25) is 9.59 Å². The second-order valence-corrected chi connectivity index (χ2v) is 7.26. The first-order valence-electron chi connectivity index (χ1n) is 9.67. The number of benzene rings is 1. The van der Waals surface area contributed by atoms with Gasteiger partial charge in [-0.1, -0.05) is 30.3 Å². The Bertz CT molecular complexity index is 832. The minimum atomic E-state index is -0.204. The zero-order valence-electron chi connectivity index (χ0n) is 15.7. The SMILES string of the molecule is CCN1C[C@H](C(=O)N2CCc3nnc(Cc4ccccc4)n3CC2)CC1=O. The molecule has 1 aromatic carbocycles. The van der Waals surface area contributed by atoms with E-state index in [1.165, 1.54) is 5.56 Å². The molecule has 4 rings (SSSR count). The topological polar surface area (TPSA) is 71.3 Å². The molecular weight excluding hydrogens is 342 g/mol. The van der Waals surface area contributed by atoms with Gasteiger partial charge in [0.1, 0.15) is 11.6 Å². The van der Waals surface area contributed by atoms with E-state index in [2.05, 4.69) is 26.9 Å². The summed E-state index contributed by atoms with van der Waals surface area (Å²) in [5.41, 5.74) is 1.20. The fourth-order valence-electron chi connectivity index (χ4n) is 4.01. The van der Waals surface area contributed by atoms with Crippen LogP contribution < -0.4 is 0 Å². The number of likely N-dealkylation sites (tertiary alicyclic amines) is 1. The van der Waals surface area contributed by atoms with E-state index in [1.54, 1.807) is 4.90 Å². The number of rotatable bonds is 4. The van der Waals surface area contributed by atoms with Crippen molar-refractivity contribution >= 4 is 11.8 Å². The van der Waals surface area contributed by atoms with E-state index in [1.807, 2.05) is 30.0 Å². The lowest BCUT2D eigenvalue weighted by Crippen LogP contribution is -2.39. The summed E-state index contributed by atoms with van der Waals surface area (Å²) in [5.74, 6) is 1.87. The zero-order valence-corrected chi connectivity index (χ0v) is 15.7. The fraction of sp³-hybridized carbons (Fsp3) is 0.500. The van der Waals surface area contributed by atoms with Gasteiger partial charge in [-0.05, 0) is 12.5 Å². The number of aromatic nitrogens is 3. The minimum Gasteiger partial charge on any atom is -0.342 e. The molecule has 27 heavy (non-hydrogen) atoms. The molecule has 0 unspecified atom stereocenters. The fourth-order valence-corrected chi connectivity index (χ4v) is 4.01. The number of carbonyl (C=O) groups is 2. The quantitative estimate of drug-likeness (QED) is 0.812. The summed E-state index contributed by atoms with van der Waals surface area (Å²) < 4.78 is 2.15. The molecule has 0 saturated carbocycles. The van der Waals surface area contributed by atoms with Gasteiger partial charge in [0.05, 0.1) is 5.92 Å². The van der Waals surface area contributed by atoms with Crippen LogP contribution in [0.5, 0.6) is 0 Å². The Kier molecular flexibility index (Phi) is 4.92. The predicted molar refractivity (Wildman–Crippen MR) is 99.9 cm³/mol. The zero-order chi connectivity index (χ0) is 18.8. The van der Waals surface area contributed by atoms with Gasteiger partial charge in [0.15, 0.2) is 0 Å². The van der Waals surface area contributed by atoms with Crippen LogP contribution in [0.2, 0.25) is 0 Å². The monoisotopic (exact) mass is 367 g/mol. The molecule has 2 amide bonds. The number of carbonyl (C=O) groups excluding carboxylic acids is 2. The Hall–Kier alpha value is -2.70. The van der Waals surface area contributed by atoms with E-state index in [4.69, 9.17) is 0 Å². The van der Waals surface area contributed by atoms with Gasteiger partial charge in [-0.25, -0.2) is 0 Å². The molecule has 0 N–H and O–H groups in total. The molecule has 7 nitrogen and oxygen atoms in total. The van der Waals surface area contributed by atoms with Gasteiger partial charge < -0.3 is 14.4 Å². The van der Waals surface area contributed by atoms with Crippen LogP contribution in [0.1, 0.15) is 30.6 Å². The highest BCUT2D eigenvalue weighted by Gasteiger charge is 2.36. The Labute approximate surface area is 159 Å². The largest absolute Gasteiger partial charge is 0.342 e. The van der Waals surface area contributed by atoms with Crippen molar-refractivity contribution in [3.63, 3.8) is 0 Å². The molecule has 1 aromatic heterocycles. The lowest BCUT2D eigenvalue weighted by Gasteiger charge is -2.23. The third kappa shape index (κ3) is 3.59. The highest BCUT2D eigenvalue weighted by Crippen LogP contribution is 2.21. The molecule has 0 radical (unpaired) electrons. The number of hydrogen-bond donors (Lipinski definition) is 0. The Morgan fingerprint density at radius 3 is 2.70 bits per heavy atom. The molecule has 0 spiro atoms. The second kappa shape index (κ2) is 7.50. The summed E-state index contributed by atoms with van der Waals surface area (Å²) in [4.78, 5) is 28.5. The van der Waals surface area contributed by atoms with Crippen molar-refractivity contribution in [2.75, 3.05) is 26.2 Å². The van der Waals surface area contributed by atoms with Crippen LogP contribution in [0.15, 0.2) is 30.3 Å². The van der Waals surface area contributed by atoms with Gasteiger partial charge in [0.2, 0.25) is 11.8 Å². The second-order valence-electron chi connectivity index (χ2n) is 7.26. The molecule has 2 aromatic rings. The number of amides is 2. The van der Waals surface area contributed by atoms with E-state index in [-0.39, 0.29) is 17.7 Å². The first-order chi connectivity index (χ1) is 13.2. The number of nitrogens with zero attached hydrogens (tertiary/aromatic N) is 5. The average molecular weight is 367 g/mol. The lowest BCUT2D eigenvalue weighted by atomic mass is 10.1. The van der Waals surface area contributed by atoms with E-state index < -0.39 is 0 Å². The lowest BCUT2D eigenvalue weighted by molar-refractivity contribution is -0.135. The molecule has 1 atom stereocenters. The van der Waals surface area contributed by atoms with Crippen LogP contribution in [0.25, 0.3) is 0 Å². The van der Waals surface area contributed by atoms with Crippen LogP contribution in [0.4, 0.5) is 0 Å². The third-order valence-corrected chi connectivity index (χ3v) is 5.57. The molecule has 3 heterocycles. The first kappa shape index (κ1) is 17.7. The average Bonchev–Trinajstić information content (AvgIpc) is 3.18. The van der Waals surface area contributed by atoms with Crippen molar-refractivity contribution in [1.29, 1.82) is 0 Å². The highest BCUT2D eigenvalue weighted by molar-refractivity contribution is 5.89. The molecule has 2 aliphatic heterocycles. The third-order valence-electron chi connectivity index (χ3n) is 5.57. The summed E-state index contributed by atoms with van der Waals surface area (Å²) >= 11 is 0. The van der Waals surface area contributed by atoms with Crippen molar-refractivity contribution < 1.29 is 9.59 Å². The van der Waals surface area contributed by atoms with Crippen molar-refractivity contribution in [2.24, 2.45) is 5.92 Å². The van der Waals surface area contributed by atoms with E-state index in [0.29, 0.717) is 45.6 Å². The van der Waals surface area contributed by atoms with Gasteiger partial charge >= 0.3 is 0 Å². The standard InChI is InChI=1S/C20H25N5O2/c1-2-23-14-16(13-19(23)26)20(27)24-9-8-17-21-22-18(25(17)11-10-24)12-15-6-4-3-5-7-15/h3-7,16H,2,8-14H2,1H3/t16-/m1/s1. The van der Waals surface area contributed by atoms with Crippen LogP contribution in [-0.2, 0) is 29.0 Å². The summed E-state index contributed by atoms with van der Waals surface area (Å²) in [6.45, 7) is 5.16. The molecule has 142 valence electrons. The normalized spacial score (nSPS) is 19.9. The Morgan fingerprint density at radius 1 is 1.15 bits per heavy atom. The highest BCUT2D eigenvalue weighted by atomic mass is 16.2. The maximum atomic E-state index is 12.9. The van der Waals surface area contributed by atoms with Crippen molar-refractivity contribution in [2.45, 2.75) is 32.7 Å². The van der Waals surface area contributed by atoms with Crippen LogP contribution >= 0.6 is 0 Å². The molecule has 0 bridgehead atoms. The van der Waals surface area contributed by atoms with E-state index >= 15 is 0 Å². The minimum absolute atomic E-state index is 0.0907. The number of fused-ring (bicyclic) bond motifs is 1. The van der Waals surface area contributed by atoms with E-state index in [0.717, 1.165) is 18.1 Å². The summed E-state index contributed by atoms with van der Waals surface area (Å²) in [6, 6.07) is 10.2.